The number of anilines is 1. The van der Waals surface area contributed by atoms with Crippen LogP contribution in [0.25, 0.3) is 10.8 Å². The minimum absolute atomic E-state index is 0.0267. The molecule has 4 rings (SSSR count). The first-order valence-electron chi connectivity index (χ1n) is 13.2. The molecule has 3 amide bonds. The van der Waals surface area contributed by atoms with Gasteiger partial charge < -0.3 is 25.8 Å². The molecule has 0 fully saturated rings. The van der Waals surface area contributed by atoms with Crippen molar-refractivity contribution < 1.29 is 19.4 Å². The Morgan fingerprint density at radius 2 is 1.64 bits per heavy atom. The van der Waals surface area contributed by atoms with Crippen molar-refractivity contribution in [2.24, 2.45) is 0 Å². The molecule has 0 spiro atoms. The summed E-state index contributed by atoms with van der Waals surface area (Å²) in [6.45, 7) is 5.58. The maximum absolute atomic E-state index is 12.7. The Morgan fingerprint density at radius 3 is 2.49 bits per heavy atom. The maximum atomic E-state index is 12.7. The van der Waals surface area contributed by atoms with Crippen molar-refractivity contribution in [2.75, 3.05) is 25.0 Å². The van der Waals surface area contributed by atoms with Gasteiger partial charge in [0.25, 0.3) is 5.91 Å². The number of nitrogens with one attached hydrogen (secondary N) is 3. The van der Waals surface area contributed by atoms with Crippen molar-refractivity contribution in [3.05, 3.63) is 101 Å². The molecule has 0 heterocycles. The van der Waals surface area contributed by atoms with E-state index in [1.54, 1.807) is 12.1 Å². The zero-order chi connectivity index (χ0) is 27.6. The molecule has 4 aromatic rings. The van der Waals surface area contributed by atoms with E-state index in [9.17, 15) is 14.7 Å². The molecule has 0 saturated carbocycles. The fraction of sp³-hybridized carbons (Fsp3) is 0.250. The number of hydrogen-bond acceptors (Lipinski definition) is 4. The number of carbonyl (C=O) groups excluding carboxylic acids is 2. The SMILES string of the molecule is Cc1ccc(OCCCCNC(=O)Nc2ccccc2CCNC(=O)c2ccc3ccccc3c2O)c(C)c1. The Bertz CT molecular complexity index is 1450. The standard InChI is InChI=1S/C32H35N3O4/c1-22-13-16-29(23(2)21-22)39-20-8-7-18-34-32(38)35-28-12-6-4-10-25(28)17-19-33-31(37)27-15-14-24-9-3-5-11-26(24)30(27)36/h3-6,9-16,21,36H,7-8,17-20H2,1-2H3,(H,33,37)(H2,34,35,38). The number of urea groups is 1. The molecule has 4 N–H and O–H groups in total. The lowest BCUT2D eigenvalue weighted by molar-refractivity contribution is 0.0951. The van der Waals surface area contributed by atoms with Crippen molar-refractivity contribution in [1.82, 2.24) is 10.6 Å². The lowest BCUT2D eigenvalue weighted by atomic mass is 10.0. The predicted molar refractivity (Wildman–Crippen MR) is 156 cm³/mol. The lowest BCUT2D eigenvalue weighted by Crippen LogP contribution is -2.30. The zero-order valence-electron chi connectivity index (χ0n) is 22.4. The Kier molecular flexibility index (Phi) is 9.40. The zero-order valence-corrected chi connectivity index (χ0v) is 22.4. The number of ether oxygens (including phenoxy) is 1. The molecule has 4 aromatic carbocycles. The molecule has 0 aromatic heterocycles. The van der Waals surface area contributed by atoms with Crippen molar-refractivity contribution in [1.29, 1.82) is 0 Å². The highest BCUT2D eigenvalue weighted by Crippen LogP contribution is 2.28. The monoisotopic (exact) mass is 525 g/mol. The van der Waals surface area contributed by atoms with Crippen LogP contribution in [0.2, 0.25) is 0 Å². The number of aryl methyl sites for hydroxylation is 2. The van der Waals surface area contributed by atoms with Gasteiger partial charge in [0.05, 0.1) is 12.2 Å². The van der Waals surface area contributed by atoms with E-state index in [1.807, 2.05) is 67.6 Å². The summed E-state index contributed by atoms with van der Waals surface area (Å²) in [5.74, 6) is 0.525. The number of amides is 3. The first-order chi connectivity index (χ1) is 18.9. The molecule has 0 saturated heterocycles. The summed E-state index contributed by atoms with van der Waals surface area (Å²) in [4.78, 5) is 25.2. The number of aromatic hydroxyl groups is 1. The number of phenolic OH excluding ortho intramolecular Hbond substituents is 1. The summed E-state index contributed by atoms with van der Waals surface area (Å²) in [7, 11) is 0. The summed E-state index contributed by atoms with van der Waals surface area (Å²) in [5, 5.41) is 20.7. The first-order valence-corrected chi connectivity index (χ1v) is 13.2. The van der Waals surface area contributed by atoms with Crippen LogP contribution in [0.3, 0.4) is 0 Å². The van der Waals surface area contributed by atoms with E-state index in [2.05, 4.69) is 28.9 Å². The summed E-state index contributed by atoms with van der Waals surface area (Å²) in [6.07, 6.45) is 2.15. The molecular formula is C32H35N3O4. The minimum atomic E-state index is -0.344. The van der Waals surface area contributed by atoms with Crippen LogP contribution in [0.1, 0.15) is 39.9 Å². The Morgan fingerprint density at radius 1 is 0.846 bits per heavy atom. The van der Waals surface area contributed by atoms with Gasteiger partial charge in [-0.2, -0.15) is 0 Å². The number of para-hydroxylation sites is 1. The predicted octanol–water partition coefficient (Wildman–Crippen LogP) is 6.12. The van der Waals surface area contributed by atoms with E-state index in [-0.39, 0.29) is 23.3 Å². The van der Waals surface area contributed by atoms with Crippen molar-refractivity contribution >= 4 is 28.4 Å². The molecule has 0 radical (unpaired) electrons. The second kappa shape index (κ2) is 13.3. The third kappa shape index (κ3) is 7.51. The Hall–Kier alpha value is -4.52. The Labute approximate surface area is 229 Å². The highest BCUT2D eigenvalue weighted by Gasteiger charge is 2.14. The Balaban J connectivity index is 1.20. The van der Waals surface area contributed by atoms with E-state index in [1.165, 1.54) is 5.56 Å². The van der Waals surface area contributed by atoms with E-state index < -0.39 is 0 Å². The van der Waals surface area contributed by atoms with Gasteiger partial charge in [0.2, 0.25) is 0 Å². The van der Waals surface area contributed by atoms with E-state index in [4.69, 9.17) is 4.74 Å². The van der Waals surface area contributed by atoms with Crippen LogP contribution in [-0.2, 0) is 6.42 Å². The molecule has 39 heavy (non-hydrogen) atoms. The summed E-state index contributed by atoms with van der Waals surface area (Å²) >= 11 is 0. The van der Waals surface area contributed by atoms with Crippen LogP contribution in [0.5, 0.6) is 11.5 Å². The van der Waals surface area contributed by atoms with E-state index >= 15 is 0 Å². The molecular weight excluding hydrogens is 490 g/mol. The van der Waals surface area contributed by atoms with Gasteiger partial charge in [0, 0.05) is 24.2 Å². The van der Waals surface area contributed by atoms with Crippen molar-refractivity contribution in [3.63, 3.8) is 0 Å². The summed E-state index contributed by atoms with van der Waals surface area (Å²) in [6, 6.07) is 24.2. The lowest BCUT2D eigenvalue weighted by Gasteiger charge is -2.13. The fourth-order valence-corrected chi connectivity index (χ4v) is 4.44. The molecule has 7 heteroatoms. The molecule has 0 aliphatic carbocycles. The highest BCUT2D eigenvalue weighted by atomic mass is 16.5. The van der Waals surface area contributed by atoms with Crippen molar-refractivity contribution in [3.8, 4) is 11.5 Å². The topological polar surface area (TPSA) is 99.7 Å². The largest absolute Gasteiger partial charge is 0.506 e. The number of benzene rings is 4. The summed E-state index contributed by atoms with van der Waals surface area (Å²) < 4.78 is 5.85. The van der Waals surface area contributed by atoms with Crippen LogP contribution in [-0.4, -0.2) is 36.7 Å². The normalized spacial score (nSPS) is 10.7. The molecule has 0 bridgehead atoms. The quantitative estimate of drug-likeness (QED) is 0.177. The van der Waals surface area contributed by atoms with Gasteiger partial charge in [-0.15, -0.1) is 0 Å². The van der Waals surface area contributed by atoms with Gasteiger partial charge in [-0.3, -0.25) is 4.79 Å². The number of carbonyl (C=O) groups is 2. The van der Waals surface area contributed by atoms with Crippen LogP contribution < -0.4 is 20.7 Å². The number of rotatable bonds is 11. The minimum Gasteiger partial charge on any atom is -0.506 e. The van der Waals surface area contributed by atoms with Gasteiger partial charge in [-0.05, 0) is 67.8 Å². The average molecular weight is 526 g/mol. The molecule has 0 aliphatic rings. The number of fused-ring (bicyclic) bond motifs is 1. The van der Waals surface area contributed by atoms with Gasteiger partial charge in [0.15, 0.2) is 0 Å². The smallest absolute Gasteiger partial charge is 0.319 e. The highest BCUT2D eigenvalue weighted by molar-refractivity contribution is 6.03. The van der Waals surface area contributed by atoms with Gasteiger partial charge in [-0.1, -0.05) is 66.2 Å². The third-order valence-corrected chi connectivity index (χ3v) is 6.54. The maximum Gasteiger partial charge on any atom is 0.319 e. The van der Waals surface area contributed by atoms with Crippen LogP contribution >= 0.6 is 0 Å². The van der Waals surface area contributed by atoms with Crippen LogP contribution in [0.15, 0.2) is 78.9 Å². The second-order valence-corrected chi connectivity index (χ2v) is 9.55. The van der Waals surface area contributed by atoms with Gasteiger partial charge in [-0.25, -0.2) is 4.79 Å². The first kappa shape index (κ1) is 27.5. The van der Waals surface area contributed by atoms with E-state index in [0.717, 1.165) is 35.1 Å². The van der Waals surface area contributed by atoms with Crippen molar-refractivity contribution in [2.45, 2.75) is 33.1 Å². The van der Waals surface area contributed by atoms with Crippen LogP contribution in [0.4, 0.5) is 10.5 Å². The molecule has 0 aliphatic heterocycles. The number of phenols is 1. The summed E-state index contributed by atoms with van der Waals surface area (Å²) in [5.41, 5.74) is 4.16. The molecule has 0 atom stereocenters. The number of hydrogen-bond donors (Lipinski definition) is 4. The molecule has 0 unspecified atom stereocenters. The average Bonchev–Trinajstić information content (AvgIpc) is 2.93. The van der Waals surface area contributed by atoms with E-state index in [0.29, 0.717) is 37.2 Å². The van der Waals surface area contributed by atoms with Gasteiger partial charge in [0.1, 0.15) is 11.5 Å². The second-order valence-electron chi connectivity index (χ2n) is 9.55. The van der Waals surface area contributed by atoms with Crippen LogP contribution in [0, 0.1) is 13.8 Å². The molecule has 202 valence electrons. The van der Waals surface area contributed by atoms with Gasteiger partial charge >= 0.3 is 6.03 Å². The third-order valence-electron chi connectivity index (χ3n) is 6.54. The number of unbranched alkanes of at least 4 members (excludes halogenated alkanes) is 1. The molecule has 7 nitrogen and oxygen atoms in total. The fourth-order valence-electron chi connectivity index (χ4n) is 4.44.